The van der Waals surface area contributed by atoms with Gasteiger partial charge in [-0.25, -0.2) is 0 Å². The van der Waals surface area contributed by atoms with Crippen LogP contribution >= 0.6 is 0 Å². The van der Waals surface area contributed by atoms with Gasteiger partial charge in [-0.2, -0.15) is 0 Å². The molecule has 0 saturated heterocycles. The number of hydrogen-bond donors (Lipinski definition) is 2. The van der Waals surface area contributed by atoms with Gasteiger partial charge in [0.1, 0.15) is 0 Å². The number of hydrogen-bond acceptors (Lipinski definition) is 3. The van der Waals surface area contributed by atoms with Gasteiger partial charge >= 0.3 is 0 Å². The molecule has 3 N–H and O–H groups in total. The summed E-state index contributed by atoms with van der Waals surface area (Å²) >= 11 is 0. The van der Waals surface area contributed by atoms with E-state index >= 15 is 0 Å². The zero-order valence-electron chi connectivity index (χ0n) is 9.69. The summed E-state index contributed by atoms with van der Waals surface area (Å²) in [7, 11) is 1.67. The van der Waals surface area contributed by atoms with Crippen molar-refractivity contribution in [1.29, 1.82) is 0 Å². The first-order chi connectivity index (χ1) is 7.67. The fraction of sp³-hybridized carbons (Fsp3) is 0.417. The van der Waals surface area contributed by atoms with E-state index in [2.05, 4.69) is 12.2 Å². The average Bonchev–Trinajstić information content (AvgIpc) is 2.29. The van der Waals surface area contributed by atoms with E-state index in [4.69, 9.17) is 10.5 Å². The lowest BCUT2D eigenvalue weighted by atomic mass is 10.1. The van der Waals surface area contributed by atoms with Crippen molar-refractivity contribution in [3.8, 4) is 0 Å². The summed E-state index contributed by atoms with van der Waals surface area (Å²) in [5, 5.41) is 3.29. The summed E-state index contributed by atoms with van der Waals surface area (Å²) in [6.07, 6.45) is 0.953. The SMILES string of the molecule is CCC(COC)Nc1cccc(C(N)=O)c1. The van der Waals surface area contributed by atoms with Gasteiger partial charge in [0, 0.05) is 24.4 Å². The highest BCUT2D eigenvalue weighted by Gasteiger charge is 2.06. The normalized spacial score (nSPS) is 12.1. The van der Waals surface area contributed by atoms with Crippen molar-refractivity contribution in [1.82, 2.24) is 0 Å². The fourth-order valence-electron chi connectivity index (χ4n) is 1.46. The fourth-order valence-corrected chi connectivity index (χ4v) is 1.46. The molecule has 1 atom stereocenters. The minimum Gasteiger partial charge on any atom is -0.383 e. The Morgan fingerprint density at radius 3 is 2.88 bits per heavy atom. The van der Waals surface area contributed by atoms with E-state index in [-0.39, 0.29) is 6.04 Å². The maximum atomic E-state index is 11.0. The second-order valence-electron chi connectivity index (χ2n) is 3.65. The van der Waals surface area contributed by atoms with Crippen LogP contribution in [0.2, 0.25) is 0 Å². The molecule has 0 radical (unpaired) electrons. The van der Waals surface area contributed by atoms with Crippen molar-refractivity contribution in [3.05, 3.63) is 29.8 Å². The Labute approximate surface area is 95.8 Å². The molecule has 0 aliphatic carbocycles. The van der Waals surface area contributed by atoms with E-state index < -0.39 is 5.91 Å². The summed E-state index contributed by atoms with van der Waals surface area (Å²) in [4.78, 5) is 11.0. The molecular weight excluding hydrogens is 204 g/mol. The first-order valence-electron chi connectivity index (χ1n) is 5.32. The number of nitrogens with one attached hydrogen (secondary N) is 1. The summed E-state index contributed by atoms with van der Waals surface area (Å²) in [6, 6.07) is 7.41. The molecule has 4 heteroatoms. The molecule has 1 unspecified atom stereocenters. The predicted octanol–water partition coefficient (Wildman–Crippen LogP) is 1.62. The molecule has 0 saturated carbocycles. The van der Waals surface area contributed by atoms with Crippen LogP contribution in [0.3, 0.4) is 0 Å². The van der Waals surface area contributed by atoms with Crippen LogP contribution in [0.25, 0.3) is 0 Å². The molecule has 88 valence electrons. The molecule has 1 rings (SSSR count). The van der Waals surface area contributed by atoms with Crippen LogP contribution in [-0.2, 0) is 4.74 Å². The minimum atomic E-state index is -0.413. The maximum Gasteiger partial charge on any atom is 0.248 e. The van der Waals surface area contributed by atoms with E-state index in [0.29, 0.717) is 12.2 Å². The highest BCUT2D eigenvalue weighted by atomic mass is 16.5. The quantitative estimate of drug-likeness (QED) is 0.768. The molecule has 0 spiro atoms. The molecule has 0 aromatic heterocycles. The van der Waals surface area contributed by atoms with Crippen molar-refractivity contribution in [2.75, 3.05) is 19.0 Å². The van der Waals surface area contributed by atoms with E-state index in [1.807, 2.05) is 12.1 Å². The van der Waals surface area contributed by atoms with Gasteiger partial charge in [0.05, 0.1) is 6.61 Å². The van der Waals surface area contributed by atoms with Gasteiger partial charge in [0.2, 0.25) is 5.91 Å². The Balaban J connectivity index is 2.72. The molecule has 0 aliphatic heterocycles. The molecular formula is C12H18N2O2. The van der Waals surface area contributed by atoms with Gasteiger partial charge in [-0.1, -0.05) is 13.0 Å². The third-order valence-corrected chi connectivity index (χ3v) is 2.38. The average molecular weight is 222 g/mol. The monoisotopic (exact) mass is 222 g/mol. The first-order valence-corrected chi connectivity index (χ1v) is 5.32. The lowest BCUT2D eigenvalue weighted by Crippen LogP contribution is -2.24. The first kappa shape index (κ1) is 12.5. The number of anilines is 1. The summed E-state index contributed by atoms with van der Waals surface area (Å²) in [5.74, 6) is -0.413. The van der Waals surface area contributed by atoms with Crippen LogP contribution in [-0.4, -0.2) is 25.7 Å². The number of nitrogens with two attached hydrogens (primary N) is 1. The molecule has 0 bridgehead atoms. The lowest BCUT2D eigenvalue weighted by molar-refractivity contribution is 0.100. The maximum absolute atomic E-state index is 11.0. The van der Waals surface area contributed by atoms with Crippen LogP contribution < -0.4 is 11.1 Å². The molecule has 1 aromatic rings. The van der Waals surface area contributed by atoms with Crippen LogP contribution in [0, 0.1) is 0 Å². The Kier molecular flexibility index (Phi) is 4.79. The third kappa shape index (κ3) is 3.55. The molecule has 0 fully saturated rings. The second kappa shape index (κ2) is 6.12. The number of amides is 1. The zero-order valence-corrected chi connectivity index (χ0v) is 9.69. The number of benzene rings is 1. The molecule has 16 heavy (non-hydrogen) atoms. The number of ether oxygens (including phenoxy) is 1. The summed E-state index contributed by atoms with van der Waals surface area (Å²) in [6.45, 7) is 2.71. The van der Waals surface area contributed by atoms with Gasteiger partial charge in [0.15, 0.2) is 0 Å². The number of primary amides is 1. The molecule has 4 nitrogen and oxygen atoms in total. The van der Waals surface area contributed by atoms with Gasteiger partial charge in [0.25, 0.3) is 0 Å². The van der Waals surface area contributed by atoms with Gasteiger partial charge in [-0.05, 0) is 24.6 Å². The van der Waals surface area contributed by atoms with E-state index in [1.165, 1.54) is 0 Å². The molecule has 1 amide bonds. The van der Waals surface area contributed by atoms with Gasteiger partial charge in [-0.15, -0.1) is 0 Å². The Hall–Kier alpha value is -1.55. The minimum absolute atomic E-state index is 0.244. The van der Waals surface area contributed by atoms with Crippen LogP contribution in [0.4, 0.5) is 5.69 Å². The molecule has 1 aromatic carbocycles. The second-order valence-corrected chi connectivity index (χ2v) is 3.65. The van der Waals surface area contributed by atoms with Crippen LogP contribution in [0.5, 0.6) is 0 Å². The van der Waals surface area contributed by atoms with Crippen LogP contribution in [0.15, 0.2) is 24.3 Å². The standard InChI is InChI=1S/C12H18N2O2/c1-3-10(8-16-2)14-11-6-4-5-9(7-11)12(13)15/h4-7,10,14H,3,8H2,1-2H3,(H2,13,15). The van der Waals surface area contributed by atoms with Crippen molar-refractivity contribution in [3.63, 3.8) is 0 Å². The largest absolute Gasteiger partial charge is 0.383 e. The van der Waals surface area contributed by atoms with E-state index in [1.54, 1.807) is 19.2 Å². The van der Waals surface area contributed by atoms with E-state index in [9.17, 15) is 4.79 Å². The third-order valence-electron chi connectivity index (χ3n) is 2.38. The number of methoxy groups -OCH3 is 1. The van der Waals surface area contributed by atoms with Crippen LogP contribution in [0.1, 0.15) is 23.7 Å². The topological polar surface area (TPSA) is 64.3 Å². The summed E-state index contributed by atoms with van der Waals surface area (Å²) < 4.78 is 5.09. The Bertz CT molecular complexity index is 353. The van der Waals surface area contributed by atoms with Crippen molar-refractivity contribution in [2.45, 2.75) is 19.4 Å². The zero-order chi connectivity index (χ0) is 12.0. The Morgan fingerprint density at radius 2 is 2.31 bits per heavy atom. The van der Waals surface area contributed by atoms with E-state index in [0.717, 1.165) is 12.1 Å². The smallest absolute Gasteiger partial charge is 0.248 e. The Morgan fingerprint density at radius 1 is 1.56 bits per heavy atom. The van der Waals surface area contributed by atoms with Crippen molar-refractivity contribution in [2.24, 2.45) is 5.73 Å². The van der Waals surface area contributed by atoms with Gasteiger partial charge < -0.3 is 15.8 Å². The number of carbonyl (C=O) groups is 1. The molecule has 0 aliphatic rings. The summed E-state index contributed by atoms with van der Waals surface area (Å²) in [5.41, 5.74) is 6.61. The van der Waals surface area contributed by atoms with Crippen molar-refractivity contribution < 1.29 is 9.53 Å². The van der Waals surface area contributed by atoms with Crippen molar-refractivity contribution >= 4 is 11.6 Å². The number of rotatable bonds is 6. The highest BCUT2D eigenvalue weighted by molar-refractivity contribution is 5.93. The lowest BCUT2D eigenvalue weighted by Gasteiger charge is -2.17. The highest BCUT2D eigenvalue weighted by Crippen LogP contribution is 2.12. The van der Waals surface area contributed by atoms with Gasteiger partial charge in [-0.3, -0.25) is 4.79 Å². The molecule has 0 heterocycles. The predicted molar refractivity (Wildman–Crippen MR) is 64.5 cm³/mol. The number of carbonyl (C=O) groups excluding carboxylic acids is 1.